The number of thiol groups is 1. The van der Waals surface area contributed by atoms with Crippen molar-refractivity contribution in [3.63, 3.8) is 0 Å². The van der Waals surface area contributed by atoms with Crippen molar-refractivity contribution in [1.29, 1.82) is 5.41 Å². The van der Waals surface area contributed by atoms with Crippen LogP contribution < -0.4 is 5.32 Å². The van der Waals surface area contributed by atoms with Gasteiger partial charge in [0.25, 0.3) is 0 Å². The van der Waals surface area contributed by atoms with E-state index in [1.165, 1.54) is 45.2 Å². The third-order valence-corrected chi connectivity index (χ3v) is 6.00. The summed E-state index contributed by atoms with van der Waals surface area (Å²) in [5.41, 5.74) is -0.0108. The summed E-state index contributed by atoms with van der Waals surface area (Å²) in [6.45, 7) is 4.32. The summed E-state index contributed by atoms with van der Waals surface area (Å²) in [6, 6.07) is 0.473. The molecular weight excluding hydrogens is 282 g/mol. The van der Waals surface area contributed by atoms with E-state index in [4.69, 9.17) is 10.1 Å². The van der Waals surface area contributed by atoms with Gasteiger partial charge >= 0.3 is 0 Å². The quantitative estimate of drug-likeness (QED) is 0.415. The zero-order valence-corrected chi connectivity index (χ0v) is 13.8. The first-order valence-corrected chi connectivity index (χ1v) is 9.20. The first-order chi connectivity index (χ1) is 10.2. The molecule has 120 valence electrons. The predicted molar refractivity (Wildman–Crippen MR) is 89.4 cm³/mol. The highest BCUT2D eigenvalue weighted by atomic mass is 32.1. The minimum atomic E-state index is -0.0108. The summed E-state index contributed by atoms with van der Waals surface area (Å²) in [5.74, 6) is 1.23. The van der Waals surface area contributed by atoms with Crippen LogP contribution in [-0.4, -0.2) is 54.9 Å². The van der Waals surface area contributed by atoms with Crippen LogP contribution in [0.1, 0.15) is 44.9 Å². The van der Waals surface area contributed by atoms with Gasteiger partial charge in [-0.25, -0.2) is 0 Å². The molecule has 3 aliphatic rings. The number of hydrogen-bond acceptors (Lipinski definition) is 5. The number of nitrogens with zero attached hydrogens (tertiary/aromatic N) is 1. The molecule has 0 amide bonds. The largest absolute Gasteiger partial charge is 0.475 e. The van der Waals surface area contributed by atoms with Crippen molar-refractivity contribution < 1.29 is 4.74 Å². The van der Waals surface area contributed by atoms with E-state index < -0.39 is 0 Å². The fourth-order valence-corrected chi connectivity index (χ4v) is 4.56. The molecule has 0 aromatic heterocycles. The molecule has 3 atom stereocenters. The topological polar surface area (TPSA) is 48.4 Å². The average Bonchev–Trinajstić information content (AvgIpc) is 3.08. The van der Waals surface area contributed by atoms with Crippen LogP contribution in [-0.2, 0) is 4.74 Å². The second kappa shape index (κ2) is 6.88. The zero-order valence-electron chi connectivity index (χ0n) is 12.9. The Hall–Kier alpha value is -0.260. The molecule has 3 fully saturated rings. The second-order valence-corrected chi connectivity index (χ2v) is 7.28. The van der Waals surface area contributed by atoms with E-state index in [1.54, 1.807) is 0 Å². The Morgan fingerprint density at radius 2 is 2.10 bits per heavy atom. The Balaban J connectivity index is 1.57. The van der Waals surface area contributed by atoms with Gasteiger partial charge in [-0.1, -0.05) is 12.8 Å². The van der Waals surface area contributed by atoms with E-state index >= 15 is 0 Å². The molecule has 0 radical (unpaired) electrons. The number of rotatable bonds is 5. The summed E-state index contributed by atoms with van der Waals surface area (Å²) in [6.07, 6.45) is 8.63. The van der Waals surface area contributed by atoms with Crippen LogP contribution in [0.3, 0.4) is 0 Å². The molecule has 1 aliphatic carbocycles. The van der Waals surface area contributed by atoms with Gasteiger partial charge in [0.05, 0.1) is 5.41 Å². The smallest absolute Gasteiger partial charge is 0.188 e. The predicted octanol–water partition coefficient (Wildman–Crippen LogP) is 2.30. The van der Waals surface area contributed by atoms with Gasteiger partial charge in [-0.15, -0.1) is 0 Å². The fourth-order valence-electron chi connectivity index (χ4n) is 4.37. The van der Waals surface area contributed by atoms with Crippen LogP contribution in [0.25, 0.3) is 0 Å². The van der Waals surface area contributed by atoms with Gasteiger partial charge in [0.2, 0.25) is 0 Å². The maximum atomic E-state index is 8.54. The third kappa shape index (κ3) is 3.25. The standard InChI is InChI=1S/C16H29N3OS/c17-15(16-6-4-5-14(16)18-8-7-16)20-13(12-21)11-19-9-2-1-3-10-19/h13-14,17-18,21H,1-12H2/t13?,14?,16-/m0/s1. The molecule has 4 nitrogen and oxygen atoms in total. The Labute approximate surface area is 133 Å². The molecule has 0 spiro atoms. The van der Waals surface area contributed by atoms with Gasteiger partial charge in [0.1, 0.15) is 6.10 Å². The highest BCUT2D eigenvalue weighted by Crippen LogP contribution is 2.45. The Bertz CT molecular complexity index is 361. The highest BCUT2D eigenvalue weighted by Gasteiger charge is 2.51. The van der Waals surface area contributed by atoms with Crippen molar-refractivity contribution in [3.8, 4) is 0 Å². The molecule has 0 bridgehead atoms. The molecule has 2 saturated heterocycles. The molecular formula is C16H29N3OS. The van der Waals surface area contributed by atoms with E-state index in [-0.39, 0.29) is 11.5 Å². The van der Waals surface area contributed by atoms with Crippen LogP contribution in [0, 0.1) is 10.8 Å². The summed E-state index contributed by atoms with van der Waals surface area (Å²) < 4.78 is 6.12. The van der Waals surface area contributed by atoms with Crippen LogP contribution in [0.15, 0.2) is 0 Å². The maximum Gasteiger partial charge on any atom is 0.188 e. The summed E-state index contributed by atoms with van der Waals surface area (Å²) in [5, 5.41) is 12.1. The van der Waals surface area contributed by atoms with Gasteiger partial charge < -0.3 is 10.1 Å². The Kier molecular flexibility index (Phi) is 5.12. The fraction of sp³-hybridized carbons (Fsp3) is 0.938. The van der Waals surface area contributed by atoms with Crippen molar-refractivity contribution in [2.75, 3.05) is 31.9 Å². The highest BCUT2D eigenvalue weighted by molar-refractivity contribution is 7.80. The molecule has 2 N–H and O–H groups in total. The van der Waals surface area contributed by atoms with Crippen molar-refractivity contribution in [1.82, 2.24) is 10.2 Å². The summed E-state index contributed by atoms with van der Waals surface area (Å²) in [4.78, 5) is 2.48. The first-order valence-electron chi connectivity index (χ1n) is 8.57. The van der Waals surface area contributed by atoms with Crippen molar-refractivity contribution in [2.45, 2.75) is 57.1 Å². The van der Waals surface area contributed by atoms with Gasteiger partial charge in [-0.2, -0.15) is 12.6 Å². The van der Waals surface area contributed by atoms with Crippen LogP contribution in [0.2, 0.25) is 0 Å². The average molecular weight is 311 g/mol. The molecule has 21 heavy (non-hydrogen) atoms. The molecule has 2 aliphatic heterocycles. The van der Waals surface area contributed by atoms with Crippen molar-refractivity contribution in [2.24, 2.45) is 5.41 Å². The van der Waals surface area contributed by atoms with E-state index in [0.717, 1.165) is 25.9 Å². The summed E-state index contributed by atoms with van der Waals surface area (Å²) >= 11 is 4.46. The Morgan fingerprint density at radius 3 is 2.86 bits per heavy atom. The lowest BCUT2D eigenvalue weighted by atomic mass is 9.82. The number of hydrogen-bond donors (Lipinski definition) is 3. The summed E-state index contributed by atoms with van der Waals surface area (Å²) in [7, 11) is 0. The molecule has 0 aromatic carbocycles. The molecule has 5 heteroatoms. The van der Waals surface area contributed by atoms with E-state index in [1.807, 2.05) is 0 Å². The van der Waals surface area contributed by atoms with Gasteiger partial charge in [0.15, 0.2) is 5.90 Å². The number of fused-ring (bicyclic) bond motifs is 1. The van der Waals surface area contributed by atoms with Gasteiger partial charge in [-0.3, -0.25) is 10.3 Å². The molecule has 0 aromatic rings. The van der Waals surface area contributed by atoms with Crippen LogP contribution in [0.4, 0.5) is 0 Å². The van der Waals surface area contributed by atoms with Crippen LogP contribution >= 0.6 is 12.6 Å². The van der Waals surface area contributed by atoms with Crippen molar-refractivity contribution >= 4 is 18.5 Å². The number of ether oxygens (including phenoxy) is 1. The van der Waals surface area contributed by atoms with E-state index in [0.29, 0.717) is 17.7 Å². The third-order valence-electron chi connectivity index (χ3n) is 5.60. The van der Waals surface area contributed by atoms with Crippen molar-refractivity contribution in [3.05, 3.63) is 0 Å². The Morgan fingerprint density at radius 1 is 1.29 bits per heavy atom. The monoisotopic (exact) mass is 311 g/mol. The lowest BCUT2D eigenvalue weighted by Gasteiger charge is -2.34. The van der Waals surface area contributed by atoms with E-state index in [9.17, 15) is 0 Å². The lowest BCUT2D eigenvalue weighted by Crippen LogP contribution is -2.44. The number of nitrogens with one attached hydrogen (secondary N) is 2. The number of piperidine rings is 1. The molecule has 2 unspecified atom stereocenters. The second-order valence-electron chi connectivity index (χ2n) is 6.92. The van der Waals surface area contributed by atoms with Gasteiger partial charge in [0, 0.05) is 18.3 Å². The molecule has 3 rings (SSSR count). The van der Waals surface area contributed by atoms with Crippen LogP contribution in [0.5, 0.6) is 0 Å². The number of likely N-dealkylation sites (tertiary alicyclic amines) is 1. The normalized spacial score (nSPS) is 34.6. The maximum absolute atomic E-state index is 8.54. The SMILES string of the molecule is N=C(OC(CS)CN1CCCCC1)[C@]12CCCC1NCC2. The minimum Gasteiger partial charge on any atom is -0.475 e. The first kappa shape index (κ1) is 15.6. The minimum absolute atomic E-state index is 0.0108. The lowest BCUT2D eigenvalue weighted by molar-refractivity contribution is 0.107. The molecule has 1 saturated carbocycles. The molecule has 2 heterocycles. The zero-order chi connectivity index (χ0) is 14.7. The van der Waals surface area contributed by atoms with Gasteiger partial charge in [-0.05, 0) is 51.7 Å². The van der Waals surface area contributed by atoms with E-state index in [2.05, 4.69) is 22.8 Å².